The van der Waals surface area contributed by atoms with Crippen LogP contribution in [0.5, 0.6) is 0 Å². The summed E-state index contributed by atoms with van der Waals surface area (Å²) in [6, 6.07) is 0. The van der Waals surface area contributed by atoms with Gasteiger partial charge in [0.05, 0.1) is 13.2 Å². The van der Waals surface area contributed by atoms with Gasteiger partial charge in [0.15, 0.2) is 5.79 Å². The lowest BCUT2D eigenvalue weighted by Crippen LogP contribution is -2.54. The van der Waals surface area contributed by atoms with Crippen molar-refractivity contribution in [1.29, 1.82) is 0 Å². The quantitative estimate of drug-likeness (QED) is 0.597. The van der Waals surface area contributed by atoms with Crippen LogP contribution in [0, 0.1) is 40.4 Å². The van der Waals surface area contributed by atoms with Crippen molar-refractivity contribution < 1.29 is 9.47 Å². The Balaban J connectivity index is 1.43. The minimum atomic E-state index is -0.303. The van der Waals surface area contributed by atoms with Crippen LogP contribution in [0.15, 0.2) is 0 Å². The maximum absolute atomic E-state index is 6.16. The van der Waals surface area contributed by atoms with Crippen molar-refractivity contribution in [2.24, 2.45) is 40.4 Å². The molecule has 0 N–H and O–H groups in total. The third-order valence-corrected chi connectivity index (χ3v) is 10.1. The summed E-state index contributed by atoms with van der Waals surface area (Å²) >= 11 is 0. The zero-order valence-corrected chi connectivity index (χ0v) is 16.7. The van der Waals surface area contributed by atoms with Crippen LogP contribution in [0.2, 0.25) is 0 Å². The average molecular weight is 347 g/mol. The molecule has 4 saturated carbocycles. The SMILES string of the molecule is CC1(C2CCC3C4CCC5CCCCC5(C)C4CCC32C)OCCO1. The number of rotatable bonds is 1. The van der Waals surface area contributed by atoms with E-state index in [9.17, 15) is 0 Å². The first-order valence-corrected chi connectivity index (χ1v) is 11.3. The Kier molecular flexibility index (Phi) is 3.89. The molecule has 0 amide bonds. The summed E-state index contributed by atoms with van der Waals surface area (Å²) in [7, 11) is 0. The van der Waals surface area contributed by atoms with Gasteiger partial charge in [-0.25, -0.2) is 0 Å². The van der Waals surface area contributed by atoms with E-state index in [1.807, 2.05) is 0 Å². The number of ether oxygens (including phenoxy) is 2. The molecule has 4 aliphatic carbocycles. The molecule has 0 aromatic rings. The van der Waals surface area contributed by atoms with Crippen LogP contribution in [0.4, 0.5) is 0 Å². The van der Waals surface area contributed by atoms with E-state index in [2.05, 4.69) is 20.8 Å². The fourth-order valence-electron chi connectivity index (χ4n) is 8.89. The van der Waals surface area contributed by atoms with E-state index in [1.165, 1.54) is 64.2 Å². The van der Waals surface area contributed by atoms with Crippen molar-refractivity contribution in [2.75, 3.05) is 13.2 Å². The summed E-state index contributed by atoms with van der Waals surface area (Å²) in [5.74, 6) is 4.23. The Labute approximate surface area is 154 Å². The predicted octanol–water partition coefficient (Wildman–Crippen LogP) is 5.80. The molecule has 0 spiro atoms. The molecule has 7 unspecified atom stereocenters. The van der Waals surface area contributed by atoms with Gasteiger partial charge in [0.1, 0.15) is 0 Å². The number of fused-ring (bicyclic) bond motifs is 5. The van der Waals surface area contributed by atoms with Gasteiger partial charge in [0.25, 0.3) is 0 Å². The first-order valence-electron chi connectivity index (χ1n) is 11.3. The molecule has 0 aromatic heterocycles. The molecule has 1 heterocycles. The van der Waals surface area contributed by atoms with Gasteiger partial charge >= 0.3 is 0 Å². The van der Waals surface area contributed by atoms with Gasteiger partial charge in [-0.2, -0.15) is 0 Å². The summed E-state index contributed by atoms with van der Waals surface area (Å²) in [5, 5.41) is 0. The lowest BCUT2D eigenvalue weighted by atomic mass is 9.44. The molecule has 5 rings (SSSR count). The fourth-order valence-corrected chi connectivity index (χ4v) is 8.89. The molecule has 1 saturated heterocycles. The molecule has 142 valence electrons. The normalized spacial score (nSPS) is 54.6. The second-order valence-corrected chi connectivity index (χ2v) is 10.8. The highest BCUT2D eigenvalue weighted by molar-refractivity contribution is 5.10. The zero-order valence-electron chi connectivity index (χ0n) is 16.7. The van der Waals surface area contributed by atoms with E-state index in [-0.39, 0.29) is 5.79 Å². The van der Waals surface area contributed by atoms with Crippen LogP contribution in [-0.4, -0.2) is 19.0 Å². The summed E-state index contributed by atoms with van der Waals surface area (Å²) < 4.78 is 12.3. The lowest BCUT2D eigenvalue weighted by molar-refractivity contribution is -0.218. The van der Waals surface area contributed by atoms with Crippen molar-refractivity contribution in [3.63, 3.8) is 0 Å². The highest BCUT2D eigenvalue weighted by Crippen LogP contribution is 2.69. The van der Waals surface area contributed by atoms with E-state index in [1.54, 1.807) is 0 Å². The third-order valence-electron chi connectivity index (χ3n) is 10.1. The molecule has 0 aromatic carbocycles. The molecule has 1 aliphatic heterocycles. The smallest absolute Gasteiger partial charge is 0.169 e. The van der Waals surface area contributed by atoms with Crippen LogP contribution in [-0.2, 0) is 9.47 Å². The first kappa shape index (κ1) is 17.0. The zero-order chi connectivity index (χ0) is 17.3. The van der Waals surface area contributed by atoms with Crippen molar-refractivity contribution >= 4 is 0 Å². The maximum atomic E-state index is 6.16. The third kappa shape index (κ3) is 2.29. The van der Waals surface area contributed by atoms with E-state index >= 15 is 0 Å². The second kappa shape index (κ2) is 5.71. The molecule has 5 aliphatic rings. The molecule has 2 heteroatoms. The largest absolute Gasteiger partial charge is 0.348 e. The monoisotopic (exact) mass is 346 g/mol. The van der Waals surface area contributed by atoms with Crippen LogP contribution in [0.3, 0.4) is 0 Å². The van der Waals surface area contributed by atoms with Gasteiger partial charge in [-0.1, -0.05) is 26.7 Å². The first-order chi connectivity index (χ1) is 12.0. The second-order valence-electron chi connectivity index (χ2n) is 10.8. The highest BCUT2D eigenvalue weighted by atomic mass is 16.7. The van der Waals surface area contributed by atoms with Gasteiger partial charge in [-0.15, -0.1) is 0 Å². The minimum absolute atomic E-state index is 0.303. The minimum Gasteiger partial charge on any atom is -0.348 e. The van der Waals surface area contributed by atoms with Crippen molar-refractivity contribution in [3.05, 3.63) is 0 Å². The Hall–Kier alpha value is -0.0800. The topological polar surface area (TPSA) is 18.5 Å². The summed E-state index contributed by atoms with van der Waals surface area (Å²) in [6.45, 7) is 9.12. The predicted molar refractivity (Wildman–Crippen MR) is 100 cm³/mol. The standard InChI is InChI=1S/C23H38O2/c1-21-12-5-4-6-16(21)7-8-17-18-9-10-20(23(3)24-14-15-25-23)22(18,2)13-11-19(17)21/h16-20H,4-15H2,1-3H3. The van der Waals surface area contributed by atoms with Gasteiger partial charge in [0.2, 0.25) is 0 Å². The van der Waals surface area contributed by atoms with Crippen LogP contribution in [0.1, 0.15) is 85.0 Å². The van der Waals surface area contributed by atoms with Gasteiger partial charge in [-0.05, 0) is 92.8 Å². The molecule has 7 atom stereocenters. The van der Waals surface area contributed by atoms with E-state index in [0.717, 1.165) is 36.9 Å². The number of hydrogen-bond donors (Lipinski definition) is 0. The maximum Gasteiger partial charge on any atom is 0.169 e. The van der Waals surface area contributed by atoms with E-state index in [0.29, 0.717) is 16.7 Å². The van der Waals surface area contributed by atoms with Crippen LogP contribution >= 0.6 is 0 Å². The summed E-state index contributed by atoms with van der Waals surface area (Å²) in [5.41, 5.74) is 1.10. The van der Waals surface area contributed by atoms with E-state index < -0.39 is 0 Å². The Morgan fingerprint density at radius 3 is 2.24 bits per heavy atom. The molecular formula is C23H38O2. The Morgan fingerprint density at radius 1 is 0.680 bits per heavy atom. The van der Waals surface area contributed by atoms with Gasteiger partial charge in [-0.3, -0.25) is 0 Å². The lowest BCUT2D eigenvalue weighted by Gasteiger charge is -2.61. The molecular weight excluding hydrogens is 308 g/mol. The molecule has 25 heavy (non-hydrogen) atoms. The molecule has 2 nitrogen and oxygen atoms in total. The van der Waals surface area contributed by atoms with Crippen molar-refractivity contribution in [2.45, 2.75) is 90.8 Å². The molecule has 5 fully saturated rings. The van der Waals surface area contributed by atoms with Crippen LogP contribution in [0.25, 0.3) is 0 Å². The summed E-state index contributed by atoms with van der Waals surface area (Å²) in [6.07, 6.45) is 14.7. The van der Waals surface area contributed by atoms with E-state index in [4.69, 9.17) is 9.47 Å². The molecule has 0 radical (unpaired) electrons. The fraction of sp³-hybridized carbons (Fsp3) is 1.00. The van der Waals surface area contributed by atoms with Crippen molar-refractivity contribution in [3.8, 4) is 0 Å². The van der Waals surface area contributed by atoms with Crippen molar-refractivity contribution in [1.82, 2.24) is 0 Å². The van der Waals surface area contributed by atoms with Gasteiger partial charge in [0, 0.05) is 5.92 Å². The Bertz CT molecular complexity index is 524. The Morgan fingerprint density at radius 2 is 1.44 bits per heavy atom. The average Bonchev–Trinajstić information content (AvgIpc) is 3.18. The summed E-state index contributed by atoms with van der Waals surface area (Å²) in [4.78, 5) is 0. The molecule has 0 bridgehead atoms. The van der Waals surface area contributed by atoms with Crippen LogP contribution < -0.4 is 0 Å². The highest BCUT2D eigenvalue weighted by Gasteiger charge is 2.63. The number of hydrogen-bond acceptors (Lipinski definition) is 2. The van der Waals surface area contributed by atoms with Gasteiger partial charge < -0.3 is 9.47 Å².